The van der Waals surface area contributed by atoms with Crippen molar-refractivity contribution in [1.29, 1.82) is 0 Å². The Hall–Kier alpha value is -4.21. The van der Waals surface area contributed by atoms with E-state index >= 15 is 0 Å². The number of nitrogens with zero attached hydrogens (tertiary/aromatic N) is 2. The first-order chi connectivity index (χ1) is 16.0. The Morgan fingerprint density at radius 1 is 1.06 bits per heavy atom. The number of carbonyl (C=O) groups is 3. The summed E-state index contributed by atoms with van der Waals surface area (Å²) in [6.07, 6.45) is -0.476. The van der Waals surface area contributed by atoms with Crippen LogP contribution in [0.25, 0.3) is 11.1 Å². The molecule has 1 atom stereocenters. The number of ether oxygens (including phenoxy) is 1. The van der Waals surface area contributed by atoms with Crippen LogP contribution in [-0.2, 0) is 9.53 Å². The molecule has 10 heteroatoms. The van der Waals surface area contributed by atoms with Crippen molar-refractivity contribution >= 4 is 23.8 Å². The molecule has 4 rings (SSSR count). The largest absolute Gasteiger partial charge is 0.481 e. The van der Waals surface area contributed by atoms with E-state index in [2.05, 4.69) is 25.6 Å². The average Bonchev–Trinajstić information content (AvgIpc) is 3.40. The molecule has 0 spiro atoms. The third kappa shape index (κ3) is 4.54. The molecule has 0 saturated carbocycles. The molecule has 170 valence electrons. The molecular formula is C23H22N4O6. The highest BCUT2D eigenvalue weighted by molar-refractivity contribution is 5.99. The van der Waals surface area contributed by atoms with Gasteiger partial charge in [-0.1, -0.05) is 55.5 Å². The number of nitrogens with one attached hydrogen (secondary N) is 2. The van der Waals surface area contributed by atoms with Gasteiger partial charge >= 0.3 is 12.1 Å². The Kier molecular flexibility index (Phi) is 6.34. The lowest BCUT2D eigenvalue weighted by atomic mass is 9.98. The summed E-state index contributed by atoms with van der Waals surface area (Å²) in [5.74, 6) is -2.82. The zero-order valence-electron chi connectivity index (χ0n) is 17.8. The average molecular weight is 450 g/mol. The number of carboxylic acids is 1. The number of hydrogen-bond donors (Lipinski definition) is 3. The van der Waals surface area contributed by atoms with Gasteiger partial charge in [0.2, 0.25) is 11.5 Å². The maximum atomic E-state index is 12.4. The van der Waals surface area contributed by atoms with E-state index in [1.807, 2.05) is 48.5 Å². The summed E-state index contributed by atoms with van der Waals surface area (Å²) in [6.45, 7) is 1.69. The van der Waals surface area contributed by atoms with Crippen molar-refractivity contribution < 1.29 is 28.9 Å². The van der Waals surface area contributed by atoms with Crippen molar-refractivity contribution in [2.75, 3.05) is 18.5 Å². The Balaban J connectivity index is 1.39. The van der Waals surface area contributed by atoms with E-state index in [9.17, 15) is 14.4 Å². The second-order valence-corrected chi connectivity index (χ2v) is 7.57. The Morgan fingerprint density at radius 3 is 2.30 bits per heavy atom. The molecular weight excluding hydrogens is 428 g/mol. The first kappa shape index (κ1) is 22.0. The number of hydrogen-bond acceptors (Lipinski definition) is 7. The zero-order valence-corrected chi connectivity index (χ0v) is 17.8. The molecule has 1 aliphatic rings. The molecule has 1 aromatic heterocycles. The third-order valence-corrected chi connectivity index (χ3v) is 5.62. The number of benzene rings is 2. The summed E-state index contributed by atoms with van der Waals surface area (Å²) >= 11 is 0. The van der Waals surface area contributed by atoms with Crippen LogP contribution in [0.15, 0.2) is 53.2 Å². The van der Waals surface area contributed by atoms with Crippen molar-refractivity contribution in [1.82, 2.24) is 15.6 Å². The van der Waals surface area contributed by atoms with Gasteiger partial charge in [-0.2, -0.15) is 0 Å². The van der Waals surface area contributed by atoms with Gasteiger partial charge in [-0.05, 0) is 39.0 Å². The third-order valence-electron chi connectivity index (χ3n) is 5.62. The summed E-state index contributed by atoms with van der Waals surface area (Å²) < 4.78 is 10.00. The maximum absolute atomic E-state index is 12.4. The van der Waals surface area contributed by atoms with Crippen molar-refractivity contribution in [3.63, 3.8) is 0 Å². The van der Waals surface area contributed by atoms with E-state index < -0.39 is 23.9 Å². The molecule has 3 N–H and O–H groups in total. The lowest BCUT2D eigenvalue weighted by molar-refractivity contribution is -0.141. The van der Waals surface area contributed by atoms with Crippen molar-refractivity contribution in [2.24, 2.45) is 5.92 Å². The lowest BCUT2D eigenvalue weighted by Gasteiger charge is -2.14. The van der Waals surface area contributed by atoms with Crippen molar-refractivity contribution in [3.05, 3.63) is 65.4 Å². The van der Waals surface area contributed by atoms with Crippen LogP contribution in [0.5, 0.6) is 0 Å². The summed E-state index contributed by atoms with van der Waals surface area (Å²) in [6, 6.07) is 15.9. The Bertz CT molecular complexity index is 1150. The van der Waals surface area contributed by atoms with Crippen molar-refractivity contribution in [2.45, 2.75) is 19.3 Å². The van der Waals surface area contributed by atoms with Gasteiger partial charge in [0.25, 0.3) is 5.91 Å². The molecule has 10 nitrogen and oxygen atoms in total. The molecule has 33 heavy (non-hydrogen) atoms. The van der Waals surface area contributed by atoms with Crippen LogP contribution in [0.3, 0.4) is 0 Å². The van der Waals surface area contributed by atoms with Gasteiger partial charge in [-0.25, -0.2) is 9.42 Å². The van der Waals surface area contributed by atoms with E-state index in [0.717, 1.165) is 22.3 Å². The number of aliphatic carboxylic acids is 1. The molecule has 2 aromatic carbocycles. The van der Waals surface area contributed by atoms with E-state index in [4.69, 9.17) is 9.84 Å². The first-order valence-corrected chi connectivity index (χ1v) is 10.4. The fourth-order valence-corrected chi connectivity index (χ4v) is 3.86. The number of anilines is 1. The Labute approximate surface area is 188 Å². The van der Waals surface area contributed by atoms with E-state index in [1.165, 1.54) is 0 Å². The van der Waals surface area contributed by atoms with Gasteiger partial charge < -0.3 is 15.2 Å². The quantitative estimate of drug-likeness (QED) is 0.474. The minimum atomic E-state index is -1.02. The fraction of sp³-hybridized carbons (Fsp3) is 0.261. The Morgan fingerprint density at radius 2 is 1.70 bits per heavy atom. The highest BCUT2D eigenvalue weighted by Gasteiger charge is 2.29. The van der Waals surface area contributed by atoms with E-state index in [1.54, 1.807) is 6.92 Å². The highest BCUT2D eigenvalue weighted by atomic mass is 16.6. The SMILES string of the molecule is CCC(CNC(=O)c1nonc1NC(=O)OCC1c2ccccc2-c2ccccc21)C(=O)O. The number of carboxylic acid groups (broad SMARTS) is 1. The summed E-state index contributed by atoms with van der Waals surface area (Å²) in [4.78, 5) is 35.9. The number of fused-ring (bicyclic) bond motifs is 3. The maximum Gasteiger partial charge on any atom is 0.412 e. The second-order valence-electron chi connectivity index (χ2n) is 7.57. The molecule has 1 aliphatic carbocycles. The van der Waals surface area contributed by atoms with Crippen LogP contribution in [0.2, 0.25) is 0 Å². The van der Waals surface area contributed by atoms with Crippen molar-refractivity contribution in [3.8, 4) is 11.1 Å². The minimum absolute atomic E-state index is 0.0868. The summed E-state index contributed by atoms with van der Waals surface area (Å²) in [7, 11) is 0. The molecule has 3 aromatic rings. The minimum Gasteiger partial charge on any atom is -0.481 e. The van der Waals surface area contributed by atoms with Gasteiger partial charge in [0.1, 0.15) is 6.61 Å². The predicted octanol–water partition coefficient (Wildman–Crippen LogP) is 3.27. The zero-order chi connectivity index (χ0) is 23.4. The first-order valence-electron chi connectivity index (χ1n) is 10.4. The van der Waals surface area contributed by atoms with Gasteiger partial charge in [-0.15, -0.1) is 0 Å². The standard InChI is InChI=1S/C23H22N4O6/c1-2-13(22(29)30)11-24-21(28)19-20(27-33-26-19)25-23(31)32-12-18-16-9-5-3-7-14(16)15-8-4-6-10-17(15)18/h3-10,13,18H,2,11-12H2,1H3,(H,24,28)(H,29,30)(H,25,27,31). The number of amides is 2. The fourth-order valence-electron chi connectivity index (χ4n) is 3.86. The van der Waals surface area contributed by atoms with Crippen LogP contribution in [0.4, 0.5) is 10.6 Å². The van der Waals surface area contributed by atoms with Gasteiger partial charge in [0.05, 0.1) is 5.92 Å². The molecule has 2 amide bonds. The van der Waals surface area contributed by atoms with Crippen LogP contribution >= 0.6 is 0 Å². The van der Waals surface area contributed by atoms with Crippen LogP contribution in [-0.4, -0.2) is 46.5 Å². The second kappa shape index (κ2) is 9.51. The van der Waals surface area contributed by atoms with Crippen LogP contribution in [0.1, 0.15) is 40.9 Å². The van der Waals surface area contributed by atoms with E-state index in [-0.39, 0.29) is 30.6 Å². The number of carbonyl (C=O) groups excluding carboxylic acids is 2. The van der Waals surface area contributed by atoms with E-state index in [0.29, 0.717) is 6.42 Å². The number of aromatic nitrogens is 2. The molecule has 0 aliphatic heterocycles. The lowest BCUT2D eigenvalue weighted by Crippen LogP contribution is -2.33. The molecule has 0 fully saturated rings. The van der Waals surface area contributed by atoms with Gasteiger partial charge in [-0.3, -0.25) is 14.9 Å². The topological polar surface area (TPSA) is 144 Å². The monoisotopic (exact) mass is 450 g/mol. The normalized spacial score (nSPS) is 13.0. The molecule has 0 radical (unpaired) electrons. The molecule has 1 heterocycles. The smallest absolute Gasteiger partial charge is 0.412 e. The van der Waals surface area contributed by atoms with Gasteiger partial charge in [0.15, 0.2) is 0 Å². The van der Waals surface area contributed by atoms with Crippen LogP contribution < -0.4 is 10.6 Å². The van der Waals surface area contributed by atoms with Crippen LogP contribution in [0, 0.1) is 5.92 Å². The predicted molar refractivity (Wildman–Crippen MR) is 117 cm³/mol. The summed E-state index contributed by atoms with van der Waals surface area (Å²) in [5, 5.41) is 20.9. The molecule has 0 bridgehead atoms. The van der Waals surface area contributed by atoms with Gasteiger partial charge in [0, 0.05) is 12.5 Å². The number of rotatable bonds is 8. The molecule has 0 saturated heterocycles. The summed E-state index contributed by atoms with van der Waals surface area (Å²) in [5.41, 5.74) is 4.07. The molecule has 1 unspecified atom stereocenters. The highest BCUT2D eigenvalue weighted by Crippen LogP contribution is 2.44.